The van der Waals surface area contributed by atoms with Gasteiger partial charge in [-0.15, -0.1) is 11.3 Å². The minimum Gasteiger partial charge on any atom is -0.423 e. The van der Waals surface area contributed by atoms with Gasteiger partial charge in [-0.05, 0) is 25.0 Å². The number of nitrogens with zero attached hydrogens (tertiary/aromatic N) is 3. The van der Waals surface area contributed by atoms with Gasteiger partial charge in [-0.2, -0.15) is 4.98 Å². The van der Waals surface area contributed by atoms with E-state index >= 15 is 0 Å². The molecule has 2 bridgehead atoms. The molecule has 3 aromatic rings. The molecule has 0 saturated carbocycles. The number of aromatic nitrogens is 2. The van der Waals surface area contributed by atoms with Gasteiger partial charge in [0.05, 0.1) is 5.56 Å². The highest BCUT2D eigenvalue weighted by Crippen LogP contribution is 2.36. The van der Waals surface area contributed by atoms with Crippen molar-refractivity contribution in [3.05, 3.63) is 23.7 Å². The van der Waals surface area contributed by atoms with Crippen molar-refractivity contribution < 1.29 is 9.21 Å². The number of carbonyl (C=O) groups is 1. The number of amides is 1. The first kappa shape index (κ1) is 15.8. The SMILES string of the molecule is CC(=O)Nc1cc(-c2nccs2)c2oc(N3CC4CCC(C3)N4)nc2c1. The van der Waals surface area contributed by atoms with Gasteiger partial charge in [0.25, 0.3) is 6.01 Å². The van der Waals surface area contributed by atoms with Gasteiger partial charge in [0, 0.05) is 49.4 Å². The van der Waals surface area contributed by atoms with Gasteiger partial charge in [0.1, 0.15) is 10.5 Å². The zero-order chi connectivity index (χ0) is 17.7. The number of carbonyl (C=O) groups excluding carboxylic acids is 1. The fourth-order valence-corrected chi connectivity index (χ4v) is 4.55. The van der Waals surface area contributed by atoms with Crippen LogP contribution >= 0.6 is 11.3 Å². The summed E-state index contributed by atoms with van der Waals surface area (Å²) in [5.74, 6) is -0.114. The average Bonchev–Trinajstić information content (AvgIpc) is 3.33. The molecule has 2 fully saturated rings. The standard InChI is InChI=1S/C18H19N5O2S/c1-10(24)20-13-6-14(17-19-4-5-26-17)16-15(7-13)22-18(25-16)23-8-11-2-3-12(9-23)21-11/h4-7,11-12,21H,2-3,8-9H2,1H3,(H,20,24). The number of nitrogens with one attached hydrogen (secondary N) is 2. The van der Waals surface area contributed by atoms with Crippen molar-refractivity contribution in [2.75, 3.05) is 23.3 Å². The van der Waals surface area contributed by atoms with Crippen molar-refractivity contribution in [2.24, 2.45) is 0 Å². The van der Waals surface area contributed by atoms with Gasteiger partial charge in [0.15, 0.2) is 5.58 Å². The van der Waals surface area contributed by atoms with E-state index in [0.717, 1.165) is 34.8 Å². The van der Waals surface area contributed by atoms with Crippen LogP contribution in [0.25, 0.3) is 21.7 Å². The van der Waals surface area contributed by atoms with E-state index in [1.165, 1.54) is 31.1 Å². The van der Waals surface area contributed by atoms with E-state index in [1.807, 2.05) is 17.5 Å². The lowest BCUT2D eigenvalue weighted by Gasteiger charge is -2.31. The summed E-state index contributed by atoms with van der Waals surface area (Å²) in [5, 5.41) is 9.25. The smallest absolute Gasteiger partial charge is 0.298 e. The third-order valence-corrected chi connectivity index (χ3v) is 5.76. The highest BCUT2D eigenvalue weighted by atomic mass is 32.1. The molecule has 2 unspecified atom stereocenters. The Bertz CT molecular complexity index is 956. The Labute approximate surface area is 154 Å². The quantitative estimate of drug-likeness (QED) is 0.739. The van der Waals surface area contributed by atoms with Gasteiger partial charge < -0.3 is 20.0 Å². The van der Waals surface area contributed by atoms with E-state index in [1.54, 1.807) is 6.20 Å². The molecule has 26 heavy (non-hydrogen) atoms. The van der Waals surface area contributed by atoms with Crippen molar-refractivity contribution in [3.63, 3.8) is 0 Å². The number of fused-ring (bicyclic) bond motifs is 3. The first-order valence-electron chi connectivity index (χ1n) is 8.79. The van der Waals surface area contributed by atoms with Crippen LogP contribution in [0.2, 0.25) is 0 Å². The van der Waals surface area contributed by atoms with E-state index in [0.29, 0.717) is 23.8 Å². The highest BCUT2D eigenvalue weighted by molar-refractivity contribution is 7.13. The van der Waals surface area contributed by atoms with Gasteiger partial charge >= 0.3 is 0 Å². The zero-order valence-corrected chi connectivity index (χ0v) is 15.2. The molecule has 2 N–H and O–H groups in total. The molecule has 5 rings (SSSR count). The Balaban J connectivity index is 1.60. The van der Waals surface area contributed by atoms with Gasteiger partial charge in [-0.3, -0.25) is 4.79 Å². The first-order valence-corrected chi connectivity index (χ1v) is 9.67. The minimum absolute atomic E-state index is 0.114. The summed E-state index contributed by atoms with van der Waals surface area (Å²) in [5.41, 5.74) is 3.02. The second-order valence-electron chi connectivity index (χ2n) is 6.93. The maximum absolute atomic E-state index is 11.5. The van der Waals surface area contributed by atoms with E-state index < -0.39 is 0 Å². The largest absolute Gasteiger partial charge is 0.423 e. The Kier molecular flexibility index (Phi) is 3.68. The van der Waals surface area contributed by atoms with Crippen LogP contribution in [-0.2, 0) is 4.79 Å². The molecule has 0 radical (unpaired) electrons. The Morgan fingerprint density at radius 2 is 2.15 bits per heavy atom. The molecule has 2 aliphatic heterocycles. The third kappa shape index (κ3) is 2.75. The number of anilines is 2. The molecule has 1 amide bonds. The van der Waals surface area contributed by atoms with Crippen LogP contribution in [0.5, 0.6) is 0 Å². The molecular formula is C18H19N5O2S. The topological polar surface area (TPSA) is 83.3 Å². The van der Waals surface area contributed by atoms with E-state index in [9.17, 15) is 4.79 Å². The Morgan fingerprint density at radius 3 is 2.85 bits per heavy atom. The number of hydrogen-bond acceptors (Lipinski definition) is 7. The summed E-state index contributed by atoms with van der Waals surface area (Å²) < 4.78 is 6.19. The molecule has 2 atom stereocenters. The lowest BCUT2D eigenvalue weighted by Crippen LogP contribution is -2.51. The van der Waals surface area contributed by atoms with Gasteiger partial charge in [-0.1, -0.05) is 0 Å². The second-order valence-corrected chi connectivity index (χ2v) is 7.82. The van der Waals surface area contributed by atoms with Crippen LogP contribution in [0.15, 0.2) is 28.1 Å². The van der Waals surface area contributed by atoms with Gasteiger partial charge in [-0.25, -0.2) is 4.98 Å². The number of hydrogen-bond donors (Lipinski definition) is 2. The molecular weight excluding hydrogens is 350 g/mol. The summed E-state index contributed by atoms with van der Waals surface area (Å²) in [7, 11) is 0. The van der Waals surface area contributed by atoms with Crippen LogP contribution in [0, 0.1) is 0 Å². The monoisotopic (exact) mass is 369 g/mol. The highest BCUT2D eigenvalue weighted by Gasteiger charge is 2.34. The van der Waals surface area contributed by atoms with E-state index in [-0.39, 0.29) is 5.91 Å². The number of benzene rings is 1. The normalized spacial score (nSPS) is 22.1. The van der Waals surface area contributed by atoms with E-state index in [2.05, 4.69) is 20.5 Å². The van der Waals surface area contributed by atoms with Crippen molar-refractivity contribution in [1.82, 2.24) is 15.3 Å². The number of piperazine rings is 1. The summed E-state index contributed by atoms with van der Waals surface area (Å²) in [6.07, 6.45) is 4.18. The predicted octanol–water partition coefficient (Wildman–Crippen LogP) is 2.85. The lowest BCUT2D eigenvalue weighted by molar-refractivity contribution is -0.114. The Hall–Kier alpha value is -2.45. The maximum Gasteiger partial charge on any atom is 0.298 e. The fraction of sp³-hybridized carbons (Fsp3) is 0.389. The summed E-state index contributed by atoms with van der Waals surface area (Å²) in [4.78, 5) is 22.9. The molecule has 2 saturated heterocycles. The molecule has 2 aliphatic rings. The van der Waals surface area contributed by atoms with Crippen molar-refractivity contribution >= 4 is 40.0 Å². The van der Waals surface area contributed by atoms with Crippen LogP contribution in [-0.4, -0.2) is 41.0 Å². The zero-order valence-electron chi connectivity index (χ0n) is 14.4. The van der Waals surface area contributed by atoms with Crippen LogP contribution in [0.4, 0.5) is 11.7 Å². The third-order valence-electron chi connectivity index (χ3n) is 4.95. The number of rotatable bonds is 3. The average molecular weight is 369 g/mol. The minimum atomic E-state index is -0.114. The molecule has 8 heteroatoms. The number of thiazole rings is 1. The van der Waals surface area contributed by atoms with Crippen molar-refractivity contribution in [3.8, 4) is 10.6 Å². The van der Waals surface area contributed by atoms with Crippen LogP contribution < -0.4 is 15.5 Å². The lowest BCUT2D eigenvalue weighted by atomic mass is 10.1. The summed E-state index contributed by atoms with van der Waals surface area (Å²) in [6.45, 7) is 3.32. The van der Waals surface area contributed by atoms with E-state index in [4.69, 9.17) is 9.40 Å². The van der Waals surface area contributed by atoms with Crippen LogP contribution in [0.1, 0.15) is 19.8 Å². The second kappa shape index (κ2) is 6.07. The van der Waals surface area contributed by atoms with Crippen molar-refractivity contribution in [1.29, 1.82) is 0 Å². The molecule has 2 aromatic heterocycles. The summed E-state index contributed by atoms with van der Waals surface area (Å²) >= 11 is 1.54. The predicted molar refractivity (Wildman–Crippen MR) is 102 cm³/mol. The maximum atomic E-state index is 11.5. The fourth-order valence-electron chi connectivity index (χ4n) is 3.90. The van der Waals surface area contributed by atoms with Gasteiger partial charge in [0.2, 0.25) is 5.91 Å². The number of oxazole rings is 1. The van der Waals surface area contributed by atoms with Crippen LogP contribution in [0.3, 0.4) is 0 Å². The Morgan fingerprint density at radius 1 is 1.35 bits per heavy atom. The summed E-state index contributed by atoms with van der Waals surface area (Å²) in [6, 6.07) is 5.43. The molecule has 0 spiro atoms. The molecule has 4 heterocycles. The molecule has 134 valence electrons. The first-order chi connectivity index (χ1) is 12.7. The molecule has 7 nitrogen and oxygen atoms in total. The molecule has 1 aromatic carbocycles. The van der Waals surface area contributed by atoms with Crippen molar-refractivity contribution in [2.45, 2.75) is 31.8 Å². The molecule has 0 aliphatic carbocycles.